The number of halogens is 1. The minimum atomic E-state index is -2.23. The third-order valence-corrected chi connectivity index (χ3v) is 14.4. The quantitative estimate of drug-likeness (QED) is 0.254. The first-order valence-corrected chi connectivity index (χ1v) is 16.2. The van der Waals surface area contributed by atoms with E-state index in [1.54, 1.807) is 0 Å². The summed E-state index contributed by atoms with van der Waals surface area (Å²) in [5, 5.41) is 4.08. The number of benzene rings is 4. The average Bonchev–Trinajstić information content (AvgIpc) is 2.98. The number of rotatable bonds is 5. The Bertz CT molecular complexity index is 1420. The summed E-state index contributed by atoms with van der Waals surface area (Å²) in [5.74, 6) is 0. The summed E-state index contributed by atoms with van der Waals surface area (Å²) >= 11 is 0. The molecule has 2 aliphatic rings. The maximum atomic E-state index is 2.61. The molecule has 204 valence electrons. The van der Waals surface area contributed by atoms with E-state index in [4.69, 9.17) is 0 Å². The van der Waals surface area contributed by atoms with Crippen LogP contribution in [0.5, 0.6) is 0 Å². The average molecular weight is 608 g/mol. The SMILES string of the molecule is CC1(C)CCC(C)(C)c2cc(C3([P+](c4ccccc4)(c4ccccc4)c4ccccc4)C=CC=CC3)ccc21.[Br-]. The number of allylic oxidation sites excluding steroid dienone is 4. The van der Waals surface area contributed by atoms with Gasteiger partial charge in [0.2, 0.25) is 0 Å². The van der Waals surface area contributed by atoms with E-state index >= 15 is 0 Å². The van der Waals surface area contributed by atoms with Gasteiger partial charge in [0.15, 0.2) is 0 Å². The first kappa shape index (κ1) is 28.8. The van der Waals surface area contributed by atoms with Crippen molar-refractivity contribution in [1.29, 1.82) is 0 Å². The maximum Gasteiger partial charge on any atom is 0.140 e. The first-order valence-electron chi connectivity index (χ1n) is 14.4. The van der Waals surface area contributed by atoms with Gasteiger partial charge in [-0.15, -0.1) is 0 Å². The van der Waals surface area contributed by atoms with Crippen molar-refractivity contribution in [2.45, 2.75) is 62.9 Å². The summed E-state index contributed by atoms with van der Waals surface area (Å²) in [6.07, 6.45) is 12.9. The van der Waals surface area contributed by atoms with Crippen LogP contribution in [0, 0.1) is 0 Å². The molecule has 0 aliphatic heterocycles. The zero-order valence-corrected chi connectivity index (χ0v) is 26.6. The van der Waals surface area contributed by atoms with Crippen molar-refractivity contribution >= 4 is 23.2 Å². The van der Waals surface area contributed by atoms with Crippen LogP contribution in [0.2, 0.25) is 0 Å². The Morgan fingerprint density at radius 3 is 1.48 bits per heavy atom. The van der Waals surface area contributed by atoms with Crippen LogP contribution in [0.15, 0.2) is 133 Å². The zero-order valence-electron chi connectivity index (χ0n) is 24.1. The highest BCUT2D eigenvalue weighted by atomic mass is 79.9. The van der Waals surface area contributed by atoms with Crippen LogP contribution in [0.4, 0.5) is 0 Å². The maximum absolute atomic E-state index is 2.61. The fourth-order valence-corrected chi connectivity index (χ4v) is 12.6. The van der Waals surface area contributed by atoms with Gasteiger partial charge in [-0.1, -0.05) is 119 Å². The van der Waals surface area contributed by atoms with Gasteiger partial charge < -0.3 is 17.0 Å². The van der Waals surface area contributed by atoms with E-state index in [0.29, 0.717) is 0 Å². The van der Waals surface area contributed by atoms with Gasteiger partial charge >= 0.3 is 0 Å². The minimum Gasteiger partial charge on any atom is -1.00 e. The Morgan fingerprint density at radius 2 is 1.02 bits per heavy atom. The van der Waals surface area contributed by atoms with Crippen molar-refractivity contribution in [3.63, 3.8) is 0 Å². The number of hydrogen-bond acceptors (Lipinski definition) is 0. The third-order valence-electron chi connectivity index (χ3n) is 9.43. The fraction of sp³-hybridized carbons (Fsp3) is 0.263. The van der Waals surface area contributed by atoms with Gasteiger partial charge in [-0.25, -0.2) is 0 Å². The molecule has 0 nitrogen and oxygen atoms in total. The number of hydrogen-bond donors (Lipinski definition) is 0. The van der Waals surface area contributed by atoms with Crippen LogP contribution >= 0.6 is 7.26 Å². The molecule has 4 aromatic rings. The van der Waals surface area contributed by atoms with Crippen molar-refractivity contribution in [3.8, 4) is 0 Å². The highest BCUT2D eigenvalue weighted by Crippen LogP contribution is 2.73. The van der Waals surface area contributed by atoms with E-state index in [2.05, 4.69) is 161 Å². The molecule has 0 amide bonds. The second kappa shape index (κ2) is 10.9. The van der Waals surface area contributed by atoms with E-state index in [1.807, 2.05) is 0 Å². The van der Waals surface area contributed by atoms with E-state index in [-0.39, 0.29) is 33.0 Å². The van der Waals surface area contributed by atoms with E-state index < -0.39 is 7.26 Å². The zero-order chi connectivity index (χ0) is 27.1. The summed E-state index contributed by atoms with van der Waals surface area (Å²) in [6, 6.07) is 41.7. The van der Waals surface area contributed by atoms with Crippen LogP contribution in [0.1, 0.15) is 63.6 Å². The molecule has 1 atom stereocenters. The molecule has 4 aromatic carbocycles. The van der Waals surface area contributed by atoms with Crippen LogP contribution in [0.3, 0.4) is 0 Å². The minimum absolute atomic E-state index is 0. The Balaban J connectivity index is 0.00000323. The Labute approximate surface area is 252 Å². The summed E-state index contributed by atoms with van der Waals surface area (Å²) in [5.41, 5.74) is 4.85. The van der Waals surface area contributed by atoms with E-state index in [0.717, 1.165) is 6.42 Å². The topological polar surface area (TPSA) is 0 Å². The Hall–Kier alpha value is -2.73. The second-order valence-corrected chi connectivity index (χ2v) is 16.3. The Kier molecular flexibility index (Phi) is 7.86. The molecule has 0 aromatic heterocycles. The lowest BCUT2D eigenvalue weighted by atomic mass is 9.62. The highest BCUT2D eigenvalue weighted by Gasteiger charge is 2.62. The molecule has 6 rings (SSSR count). The lowest BCUT2D eigenvalue weighted by Crippen LogP contribution is -3.00. The molecule has 0 radical (unpaired) electrons. The van der Waals surface area contributed by atoms with Gasteiger partial charge in [-0.2, -0.15) is 0 Å². The van der Waals surface area contributed by atoms with Crippen molar-refractivity contribution in [2.75, 3.05) is 0 Å². The predicted molar refractivity (Wildman–Crippen MR) is 171 cm³/mol. The molecule has 0 bridgehead atoms. The lowest BCUT2D eigenvalue weighted by Gasteiger charge is -2.46. The van der Waals surface area contributed by atoms with Gasteiger partial charge in [0.05, 0.1) is 0 Å². The Morgan fingerprint density at radius 1 is 0.550 bits per heavy atom. The molecule has 0 saturated carbocycles. The van der Waals surface area contributed by atoms with E-state index in [1.165, 1.54) is 45.4 Å². The van der Waals surface area contributed by atoms with Crippen LogP contribution in [0.25, 0.3) is 0 Å². The van der Waals surface area contributed by atoms with Gasteiger partial charge in [0.25, 0.3) is 0 Å². The predicted octanol–water partition coefficient (Wildman–Crippen LogP) is 5.75. The number of fused-ring (bicyclic) bond motifs is 1. The van der Waals surface area contributed by atoms with Crippen LogP contribution in [-0.2, 0) is 16.0 Å². The summed E-state index contributed by atoms with van der Waals surface area (Å²) < 4.78 is 0. The van der Waals surface area contributed by atoms with Crippen molar-refractivity contribution in [1.82, 2.24) is 0 Å². The molecule has 0 spiro atoms. The van der Waals surface area contributed by atoms with E-state index in [9.17, 15) is 0 Å². The molecule has 2 heteroatoms. The van der Waals surface area contributed by atoms with Crippen LogP contribution < -0.4 is 32.9 Å². The third kappa shape index (κ3) is 4.47. The molecule has 1 unspecified atom stereocenters. The molecule has 40 heavy (non-hydrogen) atoms. The summed E-state index contributed by atoms with van der Waals surface area (Å²) in [6.45, 7) is 9.74. The van der Waals surface area contributed by atoms with Crippen LogP contribution in [-0.4, -0.2) is 0 Å². The fourth-order valence-electron chi connectivity index (χ4n) is 7.22. The molecule has 0 N–H and O–H groups in total. The monoisotopic (exact) mass is 606 g/mol. The molecular formula is C38H40BrP. The summed E-state index contributed by atoms with van der Waals surface area (Å²) in [7, 11) is -2.23. The first-order chi connectivity index (χ1) is 18.8. The van der Waals surface area contributed by atoms with Gasteiger partial charge in [0.1, 0.15) is 28.3 Å². The molecule has 2 aliphatic carbocycles. The standard InChI is InChI=1S/C38H40P.BrH/c1-36(2)27-28-37(3,4)35-29-30(23-24-34(35)36)38(25-15-8-16-26-38)39(31-17-9-5-10-18-31,32-19-11-6-12-20-32)33-21-13-7-14-22-33;/h5-25,29H,26-28H2,1-4H3;1H/q+1;/p-1. The summed E-state index contributed by atoms with van der Waals surface area (Å²) in [4.78, 5) is 0. The largest absolute Gasteiger partial charge is 1.00 e. The van der Waals surface area contributed by atoms with Crippen molar-refractivity contribution in [3.05, 3.63) is 150 Å². The normalized spacial score (nSPS) is 20.8. The van der Waals surface area contributed by atoms with Gasteiger partial charge in [0, 0.05) is 12.0 Å². The molecular weight excluding hydrogens is 567 g/mol. The van der Waals surface area contributed by atoms with Gasteiger partial charge in [-0.05, 0) is 77.3 Å². The smallest absolute Gasteiger partial charge is 0.140 e. The van der Waals surface area contributed by atoms with Crippen molar-refractivity contribution in [2.24, 2.45) is 0 Å². The molecule has 0 saturated heterocycles. The molecule has 0 heterocycles. The second-order valence-electron chi connectivity index (χ2n) is 12.6. The highest BCUT2D eigenvalue weighted by molar-refractivity contribution is 7.96. The van der Waals surface area contributed by atoms with Gasteiger partial charge in [-0.3, -0.25) is 0 Å². The molecule has 0 fully saturated rings. The van der Waals surface area contributed by atoms with Crippen molar-refractivity contribution < 1.29 is 17.0 Å². The lowest BCUT2D eigenvalue weighted by molar-refractivity contribution is -0.00000813.